The van der Waals surface area contributed by atoms with E-state index in [0.717, 1.165) is 38.0 Å². The normalized spacial score (nSPS) is 20.0. The van der Waals surface area contributed by atoms with Crippen LogP contribution in [-0.4, -0.2) is 69.3 Å². The fraction of sp³-hybridized carbons (Fsp3) is 0.500. The predicted molar refractivity (Wildman–Crippen MR) is 137 cm³/mol. The summed E-state index contributed by atoms with van der Waals surface area (Å²) >= 11 is 0. The molecule has 0 unspecified atom stereocenters. The molecule has 35 heavy (non-hydrogen) atoms. The number of anilines is 2. The lowest BCUT2D eigenvalue weighted by Crippen LogP contribution is -2.47. The molecule has 1 N–H and O–H groups in total. The van der Waals surface area contributed by atoms with Gasteiger partial charge < -0.3 is 19.9 Å². The van der Waals surface area contributed by atoms with Crippen LogP contribution in [0.3, 0.4) is 0 Å². The maximum atomic E-state index is 13.9. The highest BCUT2D eigenvalue weighted by Gasteiger charge is 2.35. The fourth-order valence-corrected chi connectivity index (χ4v) is 6.76. The molecule has 3 aliphatic heterocycles. The molecule has 2 fully saturated rings. The number of carbonyl (C=O) groups excluding carboxylic acids is 1. The smallest absolute Gasteiger partial charge is 0.259 e. The van der Waals surface area contributed by atoms with E-state index in [9.17, 15) is 13.2 Å². The Morgan fingerprint density at radius 2 is 1.71 bits per heavy atom. The van der Waals surface area contributed by atoms with Gasteiger partial charge >= 0.3 is 0 Å². The van der Waals surface area contributed by atoms with E-state index in [0.29, 0.717) is 55.0 Å². The molecule has 1 amide bonds. The van der Waals surface area contributed by atoms with Crippen LogP contribution in [0.25, 0.3) is 0 Å². The van der Waals surface area contributed by atoms with E-state index in [1.807, 2.05) is 25.1 Å². The average Bonchev–Trinajstić information content (AvgIpc) is 2.98. The monoisotopic (exact) mass is 498 g/mol. The summed E-state index contributed by atoms with van der Waals surface area (Å²) in [7, 11) is -3.78. The zero-order valence-corrected chi connectivity index (χ0v) is 21.5. The van der Waals surface area contributed by atoms with E-state index >= 15 is 0 Å². The van der Waals surface area contributed by atoms with Gasteiger partial charge in [0.1, 0.15) is 10.6 Å². The molecule has 5 rings (SSSR count). The number of aryl methyl sites for hydroxylation is 1. The van der Waals surface area contributed by atoms with Gasteiger partial charge in [0, 0.05) is 45.3 Å². The largest absolute Gasteiger partial charge is 0.454 e. The number of likely N-dealkylation sites (N-methyl/N-ethyl adjacent to an activating group) is 1. The number of fused-ring (bicyclic) bond motifs is 2. The summed E-state index contributed by atoms with van der Waals surface area (Å²) in [6.07, 6.45) is 1.68. The number of piperazine rings is 1. The number of hydrogen-bond acceptors (Lipinski definition) is 6. The first kappa shape index (κ1) is 24.1. The van der Waals surface area contributed by atoms with Crippen LogP contribution < -0.4 is 15.0 Å². The summed E-state index contributed by atoms with van der Waals surface area (Å²) in [4.78, 5) is 17.9. The van der Waals surface area contributed by atoms with Crippen molar-refractivity contribution in [3.05, 3.63) is 41.5 Å². The van der Waals surface area contributed by atoms with Gasteiger partial charge in [-0.15, -0.1) is 0 Å². The number of nitrogens with one attached hydrogen (secondary N) is 1. The number of nitrogens with zero attached hydrogens (tertiary/aromatic N) is 3. The summed E-state index contributed by atoms with van der Waals surface area (Å²) in [5.41, 5.74) is 2.43. The molecule has 2 saturated heterocycles. The number of amides is 1. The van der Waals surface area contributed by atoms with Crippen LogP contribution in [0.5, 0.6) is 11.5 Å². The minimum atomic E-state index is -3.78. The molecule has 0 spiro atoms. The standard InChI is InChI=1S/C26H34N4O4S/c1-4-28-11-13-29(14-12-28)22-17-24-20(26(31)27-21-15-19(3)5-6-23(21)34-24)16-25(22)35(32,33)30-9-7-18(2)8-10-30/h5-6,15-18H,4,7-14H2,1-3H3,(H,27,31). The summed E-state index contributed by atoms with van der Waals surface area (Å²) < 4.78 is 35.6. The van der Waals surface area contributed by atoms with Crippen molar-refractivity contribution in [2.75, 3.05) is 56.0 Å². The molecular weight excluding hydrogens is 464 g/mol. The number of piperidine rings is 1. The van der Waals surface area contributed by atoms with Gasteiger partial charge in [-0.25, -0.2) is 8.42 Å². The first-order chi connectivity index (χ1) is 16.8. The van der Waals surface area contributed by atoms with Crippen molar-refractivity contribution in [2.45, 2.75) is 38.5 Å². The molecular formula is C26H34N4O4S. The molecule has 2 aromatic carbocycles. The zero-order chi connectivity index (χ0) is 24.7. The van der Waals surface area contributed by atoms with Gasteiger partial charge in [-0.2, -0.15) is 4.31 Å². The van der Waals surface area contributed by atoms with E-state index in [1.54, 1.807) is 10.4 Å². The molecule has 188 valence electrons. The fourth-order valence-electron chi connectivity index (χ4n) is 5.07. The minimum Gasteiger partial charge on any atom is -0.454 e. The summed E-state index contributed by atoms with van der Waals surface area (Å²) in [5, 5.41) is 2.90. The van der Waals surface area contributed by atoms with E-state index in [4.69, 9.17) is 4.74 Å². The molecule has 2 aromatic rings. The average molecular weight is 499 g/mol. The van der Waals surface area contributed by atoms with Crippen molar-refractivity contribution in [2.24, 2.45) is 5.92 Å². The van der Waals surface area contributed by atoms with Crippen LogP contribution in [0.15, 0.2) is 35.2 Å². The highest BCUT2D eigenvalue weighted by molar-refractivity contribution is 7.89. The lowest BCUT2D eigenvalue weighted by molar-refractivity contribution is 0.102. The molecule has 0 radical (unpaired) electrons. The Morgan fingerprint density at radius 3 is 2.40 bits per heavy atom. The van der Waals surface area contributed by atoms with Crippen molar-refractivity contribution < 1.29 is 17.9 Å². The Balaban J connectivity index is 1.60. The predicted octanol–water partition coefficient (Wildman–Crippen LogP) is 3.92. The van der Waals surface area contributed by atoms with Crippen LogP contribution >= 0.6 is 0 Å². The van der Waals surface area contributed by atoms with Gasteiger partial charge in [0.05, 0.1) is 16.9 Å². The molecule has 3 heterocycles. The topological polar surface area (TPSA) is 82.2 Å². The summed E-state index contributed by atoms with van der Waals surface area (Å²) in [6.45, 7) is 11.4. The third-order valence-electron chi connectivity index (χ3n) is 7.43. The quantitative estimate of drug-likeness (QED) is 0.688. The van der Waals surface area contributed by atoms with Crippen LogP contribution in [-0.2, 0) is 10.0 Å². The second-order valence-electron chi connectivity index (χ2n) is 9.88. The van der Waals surface area contributed by atoms with E-state index in [1.165, 1.54) is 6.07 Å². The second-order valence-corrected chi connectivity index (χ2v) is 11.8. The van der Waals surface area contributed by atoms with Gasteiger partial charge in [-0.3, -0.25) is 4.79 Å². The summed E-state index contributed by atoms with van der Waals surface area (Å²) in [5.74, 6) is 1.07. The highest BCUT2D eigenvalue weighted by Crippen LogP contribution is 2.42. The molecule has 0 aliphatic carbocycles. The molecule has 0 bridgehead atoms. The van der Waals surface area contributed by atoms with Crippen molar-refractivity contribution in [3.63, 3.8) is 0 Å². The highest BCUT2D eigenvalue weighted by atomic mass is 32.2. The van der Waals surface area contributed by atoms with Crippen molar-refractivity contribution in [1.29, 1.82) is 0 Å². The van der Waals surface area contributed by atoms with Crippen LogP contribution in [0.2, 0.25) is 0 Å². The molecule has 3 aliphatic rings. The Morgan fingerprint density at radius 1 is 1.00 bits per heavy atom. The number of hydrogen-bond donors (Lipinski definition) is 1. The summed E-state index contributed by atoms with van der Waals surface area (Å²) in [6, 6.07) is 8.90. The van der Waals surface area contributed by atoms with Crippen LogP contribution in [0, 0.1) is 12.8 Å². The molecule has 8 nitrogen and oxygen atoms in total. The molecule has 0 saturated carbocycles. The number of benzene rings is 2. The number of sulfonamides is 1. The van der Waals surface area contributed by atoms with Gasteiger partial charge in [0.25, 0.3) is 5.91 Å². The maximum Gasteiger partial charge on any atom is 0.259 e. The Labute approximate surface area is 207 Å². The zero-order valence-electron chi connectivity index (χ0n) is 20.7. The Bertz CT molecular complexity index is 1230. The lowest BCUT2D eigenvalue weighted by atomic mass is 10.0. The van der Waals surface area contributed by atoms with Crippen molar-refractivity contribution in [1.82, 2.24) is 9.21 Å². The number of rotatable bonds is 4. The van der Waals surface area contributed by atoms with Gasteiger partial charge in [-0.05, 0) is 56.0 Å². The molecule has 0 atom stereocenters. The SMILES string of the molecule is CCN1CCN(c2cc3c(cc2S(=O)(=O)N2CCC(C)CC2)C(=O)Nc2cc(C)ccc2O3)CC1. The van der Waals surface area contributed by atoms with Crippen LogP contribution in [0.1, 0.15) is 42.6 Å². The first-order valence-corrected chi connectivity index (χ1v) is 14.0. The number of ether oxygens (including phenoxy) is 1. The minimum absolute atomic E-state index is 0.191. The van der Waals surface area contributed by atoms with E-state index < -0.39 is 10.0 Å². The first-order valence-electron chi connectivity index (χ1n) is 12.5. The Kier molecular flexibility index (Phi) is 6.50. The van der Waals surface area contributed by atoms with Crippen molar-refractivity contribution in [3.8, 4) is 11.5 Å². The molecule has 9 heteroatoms. The third-order valence-corrected chi connectivity index (χ3v) is 9.36. The third kappa shape index (κ3) is 4.64. The van der Waals surface area contributed by atoms with Gasteiger partial charge in [0.2, 0.25) is 10.0 Å². The van der Waals surface area contributed by atoms with E-state index in [-0.39, 0.29) is 16.4 Å². The maximum absolute atomic E-state index is 13.9. The van der Waals surface area contributed by atoms with Gasteiger partial charge in [0.15, 0.2) is 5.75 Å². The van der Waals surface area contributed by atoms with E-state index in [2.05, 4.69) is 29.0 Å². The van der Waals surface area contributed by atoms with Crippen molar-refractivity contribution >= 4 is 27.3 Å². The Hall–Kier alpha value is -2.62. The molecule has 0 aromatic heterocycles. The second kappa shape index (κ2) is 9.44. The van der Waals surface area contributed by atoms with Crippen LogP contribution in [0.4, 0.5) is 11.4 Å². The van der Waals surface area contributed by atoms with Gasteiger partial charge in [-0.1, -0.05) is 19.9 Å². The lowest BCUT2D eigenvalue weighted by Gasteiger charge is -2.37. The number of carbonyl (C=O) groups is 1.